The van der Waals surface area contributed by atoms with Gasteiger partial charge in [-0.25, -0.2) is 13.4 Å². The zero-order valence-corrected chi connectivity index (χ0v) is 29.4. The maximum Gasteiger partial charge on any atom is 0.232 e. The summed E-state index contributed by atoms with van der Waals surface area (Å²) in [5.74, 6) is 1.42. The first-order valence-corrected chi connectivity index (χ1v) is 18.3. The lowest BCUT2D eigenvalue weighted by Gasteiger charge is -2.42. The van der Waals surface area contributed by atoms with E-state index in [0.29, 0.717) is 62.2 Å². The van der Waals surface area contributed by atoms with Crippen molar-refractivity contribution in [3.8, 4) is 5.75 Å². The molecule has 15 heteroatoms. The van der Waals surface area contributed by atoms with Gasteiger partial charge in [-0.3, -0.25) is 9.21 Å². The van der Waals surface area contributed by atoms with E-state index >= 15 is 0 Å². The minimum atomic E-state index is -3.52. The summed E-state index contributed by atoms with van der Waals surface area (Å²) in [5.41, 5.74) is 3.46. The number of sulfonamides is 1. The van der Waals surface area contributed by atoms with E-state index in [0.717, 1.165) is 63.4 Å². The molecule has 3 aromatic rings. The highest BCUT2D eigenvalue weighted by molar-refractivity contribution is 9.10. The second kappa shape index (κ2) is 13.3. The monoisotopic (exact) mass is 738 g/mol. The Balaban J connectivity index is 1.18. The van der Waals surface area contributed by atoms with Gasteiger partial charge in [-0.05, 0) is 59.6 Å². The highest BCUT2D eigenvalue weighted by atomic mass is 79.9. The van der Waals surface area contributed by atoms with Crippen molar-refractivity contribution in [1.29, 1.82) is 0 Å². The Morgan fingerprint density at radius 2 is 1.73 bits per heavy atom. The van der Waals surface area contributed by atoms with Gasteiger partial charge in [0.25, 0.3) is 0 Å². The number of rotatable bonds is 8. The molecular formula is C30H37BrCl2N8O3S. The summed E-state index contributed by atoms with van der Waals surface area (Å²) >= 11 is 17.1. The van der Waals surface area contributed by atoms with Gasteiger partial charge in [0.15, 0.2) is 0 Å². The smallest absolute Gasteiger partial charge is 0.232 e. The summed E-state index contributed by atoms with van der Waals surface area (Å²) in [6.45, 7) is 6.90. The third-order valence-corrected chi connectivity index (χ3v) is 11.2. The van der Waals surface area contributed by atoms with E-state index in [4.69, 9.17) is 27.9 Å². The topological polar surface area (TPSA) is 106 Å². The molecular weight excluding hydrogens is 703 g/mol. The van der Waals surface area contributed by atoms with Gasteiger partial charge in [0.2, 0.25) is 16.0 Å². The quantitative estimate of drug-likeness (QED) is 0.304. The zero-order chi connectivity index (χ0) is 31.9. The first-order chi connectivity index (χ1) is 21.5. The first kappa shape index (κ1) is 32.4. The number of benzene rings is 2. The number of anilines is 6. The molecule has 0 radical (unpaired) electrons. The second-order valence-corrected chi connectivity index (χ2v) is 15.5. The van der Waals surface area contributed by atoms with Gasteiger partial charge in [0.1, 0.15) is 11.6 Å². The van der Waals surface area contributed by atoms with Crippen molar-refractivity contribution >= 4 is 83.7 Å². The number of likely N-dealkylation sites (N-methyl/N-ethyl adjacent to an activating group) is 1. The van der Waals surface area contributed by atoms with Crippen LogP contribution in [-0.4, -0.2) is 100 Å². The predicted octanol–water partition coefficient (Wildman–Crippen LogP) is 5.58. The van der Waals surface area contributed by atoms with Crippen molar-refractivity contribution in [3.63, 3.8) is 0 Å². The Kier molecular flexibility index (Phi) is 9.56. The van der Waals surface area contributed by atoms with Crippen LogP contribution in [0.3, 0.4) is 0 Å². The van der Waals surface area contributed by atoms with Crippen LogP contribution in [0.4, 0.5) is 34.5 Å². The Morgan fingerprint density at radius 3 is 2.44 bits per heavy atom. The van der Waals surface area contributed by atoms with Crippen molar-refractivity contribution < 1.29 is 13.2 Å². The SMILES string of the molecule is CN1CCN(C2CCN(c3cc(Cl)c(Nc4ncc(Br)c(Nc5cc6c(cc5N(C)S(C)(=O)=O)CCO6)n4)cc3Cl)CC2)CC1. The summed E-state index contributed by atoms with van der Waals surface area (Å²) in [5, 5.41) is 7.56. The van der Waals surface area contributed by atoms with E-state index in [1.165, 1.54) is 17.6 Å². The van der Waals surface area contributed by atoms with Crippen LogP contribution >= 0.6 is 39.1 Å². The Bertz CT molecular complexity index is 1680. The molecule has 0 spiro atoms. The van der Waals surface area contributed by atoms with E-state index in [1.807, 2.05) is 12.1 Å². The normalized spacial score (nSPS) is 18.0. The zero-order valence-electron chi connectivity index (χ0n) is 25.5. The van der Waals surface area contributed by atoms with Crippen molar-refractivity contribution in [3.05, 3.63) is 50.5 Å². The fourth-order valence-corrected chi connectivity index (χ4v) is 7.33. The summed E-state index contributed by atoms with van der Waals surface area (Å²) in [4.78, 5) is 16.4. The van der Waals surface area contributed by atoms with Crippen molar-refractivity contribution in [1.82, 2.24) is 19.8 Å². The van der Waals surface area contributed by atoms with Crippen molar-refractivity contribution in [2.24, 2.45) is 0 Å². The lowest BCUT2D eigenvalue weighted by Crippen LogP contribution is -2.52. The maximum atomic E-state index is 12.4. The van der Waals surface area contributed by atoms with Crippen LogP contribution < -0.4 is 24.6 Å². The number of aromatic nitrogens is 2. The van der Waals surface area contributed by atoms with Gasteiger partial charge in [-0.15, -0.1) is 0 Å². The Labute approximate surface area is 283 Å². The Hall–Kier alpha value is -2.55. The molecule has 0 amide bonds. The van der Waals surface area contributed by atoms with Crippen LogP contribution in [0.15, 0.2) is 34.9 Å². The molecule has 3 aliphatic rings. The van der Waals surface area contributed by atoms with Gasteiger partial charge in [0, 0.05) is 71.0 Å². The van der Waals surface area contributed by atoms with E-state index in [2.05, 4.69) is 58.3 Å². The number of hydrogen-bond donors (Lipinski definition) is 2. The molecule has 11 nitrogen and oxygen atoms in total. The van der Waals surface area contributed by atoms with Crippen LogP contribution in [0.2, 0.25) is 10.0 Å². The summed E-state index contributed by atoms with van der Waals surface area (Å²) in [6.07, 6.45) is 5.68. The molecule has 2 N–H and O–H groups in total. The third-order valence-electron chi connectivity index (χ3n) is 8.78. The average Bonchev–Trinajstić information content (AvgIpc) is 3.47. The lowest BCUT2D eigenvalue weighted by atomic mass is 10.0. The number of nitrogens with zero attached hydrogens (tertiary/aromatic N) is 6. The molecule has 45 heavy (non-hydrogen) atoms. The molecule has 0 saturated carbocycles. The summed E-state index contributed by atoms with van der Waals surface area (Å²) < 4.78 is 32.4. The third kappa shape index (κ3) is 7.23. The maximum absolute atomic E-state index is 12.4. The number of ether oxygens (including phenoxy) is 1. The molecule has 0 bridgehead atoms. The standard InChI is InChI=1S/C30H37BrCl2N8O3S/c1-38-9-11-40(12-10-38)20-4-7-41(8-5-20)26-16-22(32)24(15-23(26)33)36-30-34-18-21(31)29(37-30)35-25-17-28-19(6-13-44-28)14-27(25)39(2)45(3,42)43/h14-18,20H,4-13H2,1-3H3,(H2,34,35,36,37). The first-order valence-electron chi connectivity index (χ1n) is 14.9. The number of piperidine rings is 1. The van der Waals surface area contributed by atoms with Crippen LogP contribution in [0.5, 0.6) is 5.75 Å². The molecule has 2 fully saturated rings. The van der Waals surface area contributed by atoms with Crippen LogP contribution in [0.25, 0.3) is 0 Å². The molecule has 0 aliphatic carbocycles. The second-order valence-electron chi connectivity index (χ2n) is 11.8. The van der Waals surface area contributed by atoms with E-state index in [1.54, 1.807) is 18.3 Å². The largest absolute Gasteiger partial charge is 0.493 e. The molecule has 2 aromatic carbocycles. The van der Waals surface area contributed by atoms with Crippen LogP contribution in [0, 0.1) is 0 Å². The lowest BCUT2D eigenvalue weighted by molar-refractivity contribution is 0.0982. The number of hydrogen-bond acceptors (Lipinski definition) is 10. The van der Waals surface area contributed by atoms with Crippen molar-refractivity contribution in [2.75, 3.05) is 86.1 Å². The molecule has 0 unspecified atom stereocenters. The highest BCUT2D eigenvalue weighted by Gasteiger charge is 2.28. The molecule has 6 rings (SSSR count). The van der Waals surface area contributed by atoms with Crippen molar-refractivity contribution in [2.45, 2.75) is 25.3 Å². The number of piperazine rings is 1. The molecule has 1 aromatic heterocycles. The molecule has 3 aliphatic heterocycles. The summed E-state index contributed by atoms with van der Waals surface area (Å²) in [6, 6.07) is 7.94. The molecule has 2 saturated heterocycles. The van der Waals surface area contributed by atoms with Gasteiger partial charge in [-0.1, -0.05) is 23.2 Å². The van der Waals surface area contributed by atoms with Gasteiger partial charge >= 0.3 is 0 Å². The number of fused-ring (bicyclic) bond motifs is 1. The predicted molar refractivity (Wildman–Crippen MR) is 186 cm³/mol. The van der Waals surface area contributed by atoms with Gasteiger partial charge in [-0.2, -0.15) is 4.98 Å². The van der Waals surface area contributed by atoms with Gasteiger partial charge < -0.3 is 25.2 Å². The number of nitrogens with one attached hydrogen (secondary N) is 2. The fraction of sp³-hybridized carbons (Fsp3) is 0.467. The minimum absolute atomic E-state index is 0.287. The van der Waals surface area contributed by atoms with E-state index < -0.39 is 10.0 Å². The van der Waals surface area contributed by atoms with Crippen LogP contribution in [-0.2, 0) is 16.4 Å². The summed E-state index contributed by atoms with van der Waals surface area (Å²) in [7, 11) is 0.189. The van der Waals surface area contributed by atoms with Gasteiger partial charge in [0.05, 0.1) is 50.1 Å². The van der Waals surface area contributed by atoms with E-state index in [9.17, 15) is 8.42 Å². The van der Waals surface area contributed by atoms with Crippen LogP contribution in [0.1, 0.15) is 18.4 Å². The highest BCUT2D eigenvalue weighted by Crippen LogP contribution is 2.40. The average molecular weight is 741 g/mol. The molecule has 0 atom stereocenters. The molecule has 242 valence electrons. The number of halogens is 3. The minimum Gasteiger partial charge on any atom is -0.493 e. The fourth-order valence-electron chi connectivity index (χ4n) is 6.05. The molecule has 4 heterocycles. The Morgan fingerprint density at radius 1 is 1.00 bits per heavy atom. The van der Waals surface area contributed by atoms with E-state index in [-0.39, 0.29) is 5.95 Å².